The van der Waals surface area contributed by atoms with E-state index >= 15 is 0 Å². The first-order chi connectivity index (χ1) is 9.33. The summed E-state index contributed by atoms with van der Waals surface area (Å²) in [5.74, 6) is 0. The molecule has 2 aliphatic rings. The molecule has 0 amide bonds. The Labute approximate surface area is 121 Å². The van der Waals surface area contributed by atoms with E-state index in [-0.39, 0.29) is 0 Å². The van der Waals surface area contributed by atoms with Crippen molar-refractivity contribution in [1.82, 2.24) is 9.96 Å². The second-order valence-corrected chi connectivity index (χ2v) is 10.8. The van der Waals surface area contributed by atoms with Gasteiger partial charge in [-0.25, -0.2) is 0 Å². The van der Waals surface area contributed by atoms with E-state index in [1.807, 2.05) is 0 Å². The number of hydrogen-bond donors (Lipinski definition) is 2. The van der Waals surface area contributed by atoms with E-state index in [1.54, 1.807) is 0 Å². The van der Waals surface area contributed by atoms with Crippen molar-refractivity contribution in [3.05, 3.63) is 0 Å². The average molecular weight is 283 g/mol. The zero-order chi connectivity index (χ0) is 13.6. The highest BCUT2D eigenvalue weighted by molar-refractivity contribution is 6.78. The third kappa shape index (κ3) is 3.62. The lowest BCUT2D eigenvalue weighted by Gasteiger charge is -2.43. The largest absolute Gasteiger partial charge is 0.325 e. The molecule has 0 atom stereocenters. The van der Waals surface area contributed by atoms with Crippen LogP contribution in [0, 0.1) is 0 Å². The third-order valence-corrected chi connectivity index (χ3v) is 10.7. The van der Waals surface area contributed by atoms with Crippen molar-refractivity contribution < 1.29 is 0 Å². The fraction of sp³-hybridized carbons (Fsp3) is 1.00. The predicted molar refractivity (Wildman–Crippen MR) is 86.8 cm³/mol. The Morgan fingerprint density at radius 2 is 1.11 bits per heavy atom. The van der Waals surface area contributed by atoms with Crippen LogP contribution in [0.5, 0.6) is 0 Å². The summed E-state index contributed by atoms with van der Waals surface area (Å²) in [6.45, 7) is 7.09. The topological polar surface area (TPSA) is 24.1 Å². The van der Waals surface area contributed by atoms with E-state index in [4.69, 9.17) is 0 Å². The molecule has 0 bridgehead atoms. The molecule has 3 heteroatoms. The molecule has 0 aliphatic heterocycles. The lowest BCUT2D eigenvalue weighted by atomic mass is 10.3. The first kappa shape index (κ1) is 15.5. The van der Waals surface area contributed by atoms with E-state index in [2.05, 4.69) is 23.8 Å². The van der Waals surface area contributed by atoms with Crippen molar-refractivity contribution >= 4 is 8.40 Å². The molecule has 0 aromatic heterocycles. The molecule has 0 heterocycles. The van der Waals surface area contributed by atoms with Crippen LogP contribution in [0.1, 0.15) is 78.1 Å². The molecular formula is C16H34N2Si. The van der Waals surface area contributed by atoms with Crippen LogP contribution in [-0.2, 0) is 0 Å². The van der Waals surface area contributed by atoms with Crippen molar-refractivity contribution in [2.24, 2.45) is 0 Å². The van der Waals surface area contributed by atoms with Crippen LogP contribution in [0.3, 0.4) is 0 Å². The maximum atomic E-state index is 4.13. The van der Waals surface area contributed by atoms with Gasteiger partial charge in [-0.3, -0.25) is 0 Å². The Morgan fingerprint density at radius 1 is 0.737 bits per heavy atom. The van der Waals surface area contributed by atoms with Gasteiger partial charge in [0.25, 0.3) is 0 Å². The molecule has 2 fully saturated rings. The zero-order valence-electron chi connectivity index (χ0n) is 13.1. The quantitative estimate of drug-likeness (QED) is 0.648. The summed E-state index contributed by atoms with van der Waals surface area (Å²) in [7, 11) is -1.47. The minimum absolute atomic E-state index is 1.01. The molecule has 2 rings (SSSR count). The summed E-state index contributed by atoms with van der Waals surface area (Å²) >= 11 is 0. The molecular weight excluding hydrogens is 248 g/mol. The lowest BCUT2D eigenvalue weighted by molar-refractivity contribution is 0.632. The van der Waals surface area contributed by atoms with Gasteiger partial charge in [0.1, 0.15) is 0 Å². The minimum Gasteiger partial charge on any atom is -0.325 e. The molecule has 2 nitrogen and oxygen atoms in total. The molecule has 0 aromatic rings. The predicted octanol–water partition coefficient (Wildman–Crippen LogP) is 4.32. The van der Waals surface area contributed by atoms with Crippen LogP contribution in [0.25, 0.3) is 0 Å². The molecule has 2 aliphatic carbocycles. The third-order valence-electron chi connectivity index (χ3n) is 5.33. The molecule has 2 saturated carbocycles. The number of nitrogens with one attached hydrogen (secondary N) is 2. The standard InChI is InChI=1S/C16H34N2Si/c1-3-13-17-19(18-14-4-2,15-9-5-6-10-15)16-11-7-8-12-16/h15-18H,3-14H2,1-2H3. The van der Waals surface area contributed by atoms with E-state index < -0.39 is 8.40 Å². The summed E-state index contributed by atoms with van der Waals surface area (Å²) in [5, 5.41) is 0. The van der Waals surface area contributed by atoms with Gasteiger partial charge in [-0.1, -0.05) is 65.2 Å². The second-order valence-electron chi connectivity index (χ2n) is 6.69. The molecule has 0 radical (unpaired) electrons. The Kier molecular flexibility index (Phi) is 6.37. The molecule has 0 spiro atoms. The van der Waals surface area contributed by atoms with Crippen LogP contribution in [0.2, 0.25) is 11.1 Å². The van der Waals surface area contributed by atoms with Crippen LogP contribution in [0.15, 0.2) is 0 Å². The van der Waals surface area contributed by atoms with Gasteiger partial charge < -0.3 is 9.96 Å². The highest BCUT2D eigenvalue weighted by Gasteiger charge is 2.49. The van der Waals surface area contributed by atoms with E-state index in [1.165, 1.54) is 77.3 Å². The fourth-order valence-corrected chi connectivity index (χ4v) is 10.3. The van der Waals surface area contributed by atoms with Crippen LogP contribution in [0.4, 0.5) is 0 Å². The Balaban J connectivity index is 2.13. The zero-order valence-corrected chi connectivity index (χ0v) is 14.1. The van der Waals surface area contributed by atoms with Gasteiger partial charge in [0.15, 0.2) is 0 Å². The Bertz CT molecular complexity index is 219. The normalized spacial score (nSPS) is 22.4. The molecule has 19 heavy (non-hydrogen) atoms. The smallest absolute Gasteiger partial charge is 0.207 e. The van der Waals surface area contributed by atoms with Gasteiger partial charge in [-0.2, -0.15) is 0 Å². The maximum Gasteiger partial charge on any atom is 0.207 e. The van der Waals surface area contributed by atoms with E-state index in [0.29, 0.717) is 0 Å². The molecule has 0 saturated heterocycles. The van der Waals surface area contributed by atoms with Crippen molar-refractivity contribution in [2.45, 2.75) is 89.1 Å². The highest BCUT2D eigenvalue weighted by atomic mass is 28.3. The van der Waals surface area contributed by atoms with Gasteiger partial charge >= 0.3 is 0 Å². The fourth-order valence-electron chi connectivity index (χ4n) is 4.40. The van der Waals surface area contributed by atoms with Crippen molar-refractivity contribution in [1.29, 1.82) is 0 Å². The minimum atomic E-state index is -1.47. The van der Waals surface area contributed by atoms with Gasteiger partial charge in [-0.05, 0) is 37.0 Å². The molecule has 112 valence electrons. The SMILES string of the molecule is CCCN[Si](NCCC)(C1CCCC1)C1CCCC1. The van der Waals surface area contributed by atoms with Gasteiger partial charge in [0, 0.05) is 0 Å². The van der Waals surface area contributed by atoms with Crippen LogP contribution in [-0.4, -0.2) is 21.5 Å². The second kappa shape index (κ2) is 7.80. The molecule has 0 unspecified atom stereocenters. The van der Waals surface area contributed by atoms with Crippen molar-refractivity contribution in [3.8, 4) is 0 Å². The average Bonchev–Trinajstić information content (AvgIpc) is 3.12. The Morgan fingerprint density at radius 3 is 1.42 bits per heavy atom. The highest BCUT2D eigenvalue weighted by Crippen LogP contribution is 2.47. The first-order valence-corrected chi connectivity index (χ1v) is 11.0. The van der Waals surface area contributed by atoms with E-state index in [0.717, 1.165) is 11.1 Å². The van der Waals surface area contributed by atoms with Gasteiger partial charge in [0.2, 0.25) is 8.40 Å². The van der Waals surface area contributed by atoms with Gasteiger partial charge in [0.05, 0.1) is 0 Å². The monoisotopic (exact) mass is 282 g/mol. The number of hydrogen-bond acceptors (Lipinski definition) is 2. The molecule has 0 aromatic carbocycles. The molecule has 2 N–H and O–H groups in total. The lowest BCUT2D eigenvalue weighted by Crippen LogP contribution is -2.68. The summed E-state index contributed by atoms with van der Waals surface area (Å²) in [4.78, 5) is 8.26. The van der Waals surface area contributed by atoms with Crippen molar-refractivity contribution in [2.75, 3.05) is 13.1 Å². The summed E-state index contributed by atoms with van der Waals surface area (Å²) in [6, 6.07) is 0. The maximum absolute atomic E-state index is 4.13. The van der Waals surface area contributed by atoms with Crippen LogP contribution >= 0.6 is 0 Å². The van der Waals surface area contributed by atoms with E-state index in [9.17, 15) is 0 Å². The van der Waals surface area contributed by atoms with Crippen LogP contribution < -0.4 is 9.96 Å². The van der Waals surface area contributed by atoms with Gasteiger partial charge in [-0.15, -0.1) is 0 Å². The summed E-state index contributed by atoms with van der Waals surface area (Å²) in [5.41, 5.74) is 2.02. The summed E-state index contributed by atoms with van der Waals surface area (Å²) in [6.07, 6.45) is 14.5. The Hall–Kier alpha value is 0.137. The first-order valence-electron chi connectivity index (χ1n) is 8.83. The number of rotatable bonds is 8. The summed E-state index contributed by atoms with van der Waals surface area (Å²) < 4.78 is 0. The van der Waals surface area contributed by atoms with Crippen molar-refractivity contribution in [3.63, 3.8) is 0 Å².